The molecule has 2 aliphatic heterocycles. The maximum absolute atomic E-state index is 12.6. The number of nitrogens with zero attached hydrogens (tertiary/aromatic N) is 2. The molecule has 1 amide bonds. The summed E-state index contributed by atoms with van der Waals surface area (Å²) in [5.74, 6) is -0.0919. The Bertz CT molecular complexity index is 679. The number of piperidine rings is 1. The topological polar surface area (TPSA) is 69.7 Å². The molecule has 3 rings (SSSR count). The van der Waals surface area contributed by atoms with Gasteiger partial charge in [0.1, 0.15) is 0 Å². The molecule has 1 aromatic rings. The summed E-state index contributed by atoms with van der Waals surface area (Å²) in [6.45, 7) is 4.07. The van der Waals surface area contributed by atoms with Gasteiger partial charge in [0, 0.05) is 32.1 Å². The molecule has 1 atom stereocenters. The molecule has 25 heavy (non-hydrogen) atoms. The number of nitrogens with one attached hydrogen (secondary N) is 1. The van der Waals surface area contributed by atoms with E-state index in [1.165, 1.54) is 0 Å². The second-order valence-corrected chi connectivity index (χ2v) is 8.86. The zero-order chi connectivity index (χ0) is 17.9. The summed E-state index contributed by atoms with van der Waals surface area (Å²) in [6, 6.07) is 9.82. The van der Waals surface area contributed by atoms with Crippen molar-refractivity contribution in [1.82, 2.24) is 13.9 Å². The monoisotopic (exact) mass is 365 g/mol. The Balaban J connectivity index is 1.52. The first kappa shape index (κ1) is 18.4. The minimum absolute atomic E-state index is 0.0228. The SMILES string of the molecule is CC(NC(=O)C1CCN(S(=O)(=O)N2CCCC2)CC1)c1ccccc1. The number of hydrogen-bond acceptors (Lipinski definition) is 3. The van der Waals surface area contributed by atoms with Crippen molar-refractivity contribution in [3.8, 4) is 0 Å². The minimum Gasteiger partial charge on any atom is -0.349 e. The van der Waals surface area contributed by atoms with E-state index >= 15 is 0 Å². The molecule has 1 N–H and O–H groups in total. The van der Waals surface area contributed by atoms with E-state index in [1.54, 1.807) is 8.61 Å². The third-order valence-corrected chi connectivity index (χ3v) is 7.24. The molecule has 0 saturated carbocycles. The summed E-state index contributed by atoms with van der Waals surface area (Å²) < 4.78 is 28.3. The van der Waals surface area contributed by atoms with E-state index in [2.05, 4.69) is 5.32 Å². The Hall–Kier alpha value is -1.44. The first-order valence-electron chi connectivity index (χ1n) is 9.09. The predicted octanol–water partition coefficient (Wildman–Crippen LogP) is 1.92. The van der Waals surface area contributed by atoms with E-state index in [9.17, 15) is 13.2 Å². The third kappa shape index (κ3) is 4.22. The molecule has 7 heteroatoms. The fraction of sp³-hybridized carbons (Fsp3) is 0.611. The van der Waals surface area contributed by atoms with Crippen LogP contribution in [0.5, 0.6) is 0 Å². The van der Waals surface area contributed by atoms with Gasteiger partial charge in [0.25, 0.3) is 10.2 Å². The van der Waals surface area contributed by atoms with Crippen molar-refractivity contribution in [1.29, 1.82) is 0 Å². The van der Waals surface area contributed by atoms with Gasteiger partial charge >= 0.3 is 0 Å². The van der Waals surface area contributed by atoms with Gasteiger partial charge in [-0.2, -0.15) is 17.0 Å². The van der Waals surface area contributed by atoms with Gasteiger partial charge in [-0.3, -0.25) is 4.79 Å². The first-order valence-corrected chi connectivity index (χ1v) is 10.5. The van der Waals surface area contributed by atoms with Crippen LogP contribution in [0.2, 0.25) is 0 Å². The summed E-state index contributed by atoms with van der Waals surface area (Å²) >= 11 is 0. The maximum Gasteiger partial charge on any atom is 0.281 e. The summed E-state index contributed by atoms with van der Waals surface area (Å²) in [5, 5.41) is 3.06. The fourth-order valence-corrected chi connectivity index (χ4v) is 5.31. The Morgan fingerprint density at radius 3 is 2.20 bits per heavy atom. The molecule has 1 unspecified atom stereocenters. The van der Waals surface area contributed by atoms with Crippen LogP contribution < -0.4 is 5.32 Å². The molecule has 0 spiro atoms. The quantitative estimate of drug-likeness (QED) is 0.867. The van der Waals surface area contributed by atoms with Gasteiger partial charge in [-0.15, -0.1) is 0 Å². The van der Waals surface area contributed by atoms with Crippen molar-refractivity contribution < 1.29 is 13.2 Å². The normalized spacial score (nSPS) is 22.0. The molecule has 2 heterocycles. The van der Waals surface area contributed by atoms with E-state index in [-0.39, 0.29) is 17.9 Å². The molecule has 138 valence electrons. The van der Waals surface area contributed by atoms with Crippen molar-refractivity contribution in [3.05, 3.63) is 35.9 Å². The van der Waals surface area contributed by atoms with Crippen molar-refractivity contribution in [2.24, 2.45) is 5.92 Å². The van der Waals surface area contributed by atoms with E-state index in [0.717, 1.165) is 18.4 Å². The Kier molecular flexibility index (Phi) is 5.76. The van der Waals surface area contributed by atoms with Gasteiger partial charge < -0.3 is 5.32 Å². The standard InChI is InChI=1S/C18H27N3O3S/c1-15(16-7-3-2-4-8-16)19-18(22)17-9-13-21(14-10-17)25(23,24)20-11-5-6-12-20/h2-4,7-8,15,17H,5-6,9-14H2,1H3,(H,19,22). The Labute approximate surface area is 150 Å². The maximum atomic E-state index is 12.6. The van der Waals surface area contributed by atoms with Gasteiger partial charge in [-0.1, -0.05) is 30.3 Å². The van der Waals surface area contributed by atoms with Crippen molar-refractivity contribution in [3.63, 3.8) is 0 Å². The lowest BCUT2D eigenvalue weighted by atomic mass is 9.96. The van der Waals surface area contributed by atoms with Crippen LogP contribution >= 0.6 is 0 Å². The summed E-state index contributed by atoms with van der Waals surface area (Å²) in [4.78, 5) is 12.5. The van der Waals surface area contributed by atoms with Crippen LogP contribution in [-0.2, 0) is 15.0 Å². The highest BCUT2D eigenvalue weighted by molar-refractivity contribution is 7.86. The average Bonchev–Trinajstić information content (AvgIpc) is 3.18. The Morgan fingerprint density at radius 2 is 1.60 bits per heavy atom. The molecular weight excluding hydrogens is 338 g/mol. The zero-order valence-corrected chi connectivity index (χ0v) is 15.5. The number of hydrogen-bond donors (Lipinski definition) is 1. The predicted molar refractivity (Wildman–Crippen MR) is 97.0 cm³/mol. The average molecular weight is 365 g/mol. The van der Waals surface area contributed by atoms with Crippen LogP contribution in [0, 0.1) is 5.92 Å². The molecule has 0 aromatic heterocycles. The summed E-state index contributed by atoms with van der Waals surface area (Å²) in [5.41, 5.74) is 1.07. The molecule has 0 aliphatic carbocycles. The van der Waals surface area contributed by atoms with E-state index < -0.39 is 10.2 Å². The van der Waals surface area contributed by atoms with E-state index in [1.807, 2.05) is 37.3 Å². The first-order chi connectivity index (χ1) is 12.0. The lowest BCUT2D eigenvalue weighted by molar-refractivity contribution is -0.126. The van der Waals surface area contributed by atoms with Crippen LogP contribution in [-0.4, -0.2) is 49.1 Å². The fourth-order valence-electron chi connectivity index (χ4n) is 3.59. The van der Waals surface area contributed by atoms with Crippen molar-refractivity contribution in [2.75, 3.05) is 26.2 Å². The van der Waals surface area contributed by atoms with Crippen LogP contribution in [0.15, 0.2) is 30.3 Å². The van der Waals surface area contributed by atoms with Crippen LogP contribution in [0.1, 0.15) is 44.2 Å². The highest BCUT2D eigenvalue weighted by Gasteiger charge is 2.35. The molecule has 0 radical (unpaired) electrons. The van der Waals surface area contributed by atoms with Gasteiger partial charge in [-0.05, 0) is 38.2 Å². The molecule has 6 nitrogen and oxygen atoms in total. The zero-order valence-electron chi connectivity index (χ0n) is 14.7. The highest BCUT2D eigenvalue weighted by Crippen LogP contribution is 2.24. The van der Waals surface area contributed by atoms with Gasteiger partial charge in [0.15, 0.2) is 0 Å². The van der Waals surface area contributed by atoms with E-state index in [0.29, 0.717) is 39.0 Å². The summed E-state index contributed by atoms with van der Waals surface area (Å²) in [7, 11) is -3.34. The molecule has 1 aromatic carbocycles. The van der Waals surface area contributed by atoms with Crippen LogP contribution in [0.25, 0.3) is 0 Å². The van der Waals surface area contributed by atoms with Gasteiger partial charge in [-0.25, -0.2) is 0 Å². The third-order valence-electron chi connectivity index (χ3n) is 5.20. The minimum atomic E-state index is -3.34. The second kappa shape index (κ2) is 7.85. The molecular formula is C18H27N3O3S. The second-order valence-electron chi connectivity index (χ2n) is 6.93. The number of rotatable bonds is 5. The number of carbonyl (C=O) groups is 1. The molecule has 0 bridgehead atoms. The van der Waals surface area contributed by atoms with Gasteiger partial charge in [0.2, 0.25) is 5.91 Å². The lowest BCUT2D eigenvalue weighted by Crippen LogP contribution is -2.48. The van der Waals surface area contributed by atoms with Crippen molar-refractivity contribution in [2.45, 2.75) is 38.6 Å². The number of amides is 1. The van der Waals surface area contributed by atoms with Crippen LogP contribution in [0.4, 0.5) is 0 Å². The van der Waals surface area contributed by atoms with Crippen molar-refractivity contribution >= 4 is 16.1 Å². The highest BCUT2D eigenvalue weighted by atomic mass is 32.2. The molecule has 2 aliphatic rings. The van der Waals surface area contributed by atoms with Gasteiger partial charge in [0.05, 0.1) is 6.04 Å². The lowest BCUT2D eigenvalue weighted by Gasteiger charge is -2.33. The smallest absolute Gasteiger partial charge is 0.281 e. The van der Waals surface area contributed by atoms with E-state index in [4.69, 9.17) is 0 Å². The Morgan fingerprint density at radius 1 is 1.04 bits per heavy atom. The number of benzene rings is 1. The summed E-state index contributed by atoms with van der Waals surface area (Å²) in [6.07, 6.45) is 3.05. The number of carbonyl (C=O) groups excluding carboxylic acids is 1. The molecule has 2 fully saturated rings. The largest absolute Gasteiger partial charge is 0.349 e. The molecule has 2 saturated heterocycles. The van der Waals surface area contributed by atoms with Crippen LogP contribution in [0.3, 0.4) is 0 Å².